The van der Waals surface area contributed by atoms with Crippen molar-refractivity contribution >= 4 is 5.97 Å². The third kappa shape index (κ3) is 9.04. The van der Waals surface area contributed by atoms with Crippen LogP contribution in [0.4, 0.5) is 0 Å². The predicted octanol–water partition coefficient (Wildman–Crippen LogP) is 4.08. The average molecular weight is 272 g/mol. The maximum absolute atomic E-state index is 12.2. The van der Waals surface area contributed by atoms with Crippen LogP contribution < -0.4 is 0 Å². The second-order valence-corrected chi connectivity index (χ2v) is 6.35. The average Bonchev–Trinajstić information content (AvgIpc) is 2.27. The van der Waals surface area contributed by atoms with E-state index in [0.29, 0.717) is 6.42 Å². The first-order valence-electron chi connectivity index (χ1n) is 7.72. The van der Waals surface area contributed by atoms with E-state index in [4.69, 9.17) is 4.74 Å². The minimum Gasteiger partial charge on any atom is -0.460 e. The zero-order valence-electron chi connectivity index (χ0n) is 13.4. The summed E-state index contributed by atoms with van der Waals surface area (Å²) in [7, 11) is 0. The number of ether oxygens (including phenoxy) is 1. The SMILES string of the molecule is CCCCC[C@H](O)[C@H](CCCC)C(=O)OC(C)(C)C. The lowest BCUT2D eigenvalue weighted by molar-refractivity contribution is -0.164. The Hall–Kier alpha value is -0.570. The molecule has 0 radical (unpaired) electrons. The maximum Gasteiger partial charge on any atom is 0.312 e. The van der Waals surface area contributed by atoms with Crippen molar-refractivity contribution in [2.75, 3.05) is 0 Å². The van der Waals surface area contributed by atoms with E-state index in [0.717, 1.165) is 38.5 Å². The van der Waals surface area contributed by atoms with Crippen molar-refractivity contribution in [3.05, 3.63) is 0 Å². The number of unbranched alkanes of at least 4 members (excludes halogenated alkanes) is 3. The summed E-state index contributed by atoms with van der Waals surface area (Å²) in [5, 5.41) is 10.2. The van der Waals surface area contributed by atoms with Crippen LogP contribution in [0.5, 0.6) is 0 Å². The van der Waals surface area contributed by atoms with Crippen LogP contribution in [0.1, 0.15) is 79.6 Å². The van der Waals surface area contributed by atoms with Crippen LogP contribution in [0, 0.1) is 5.92 Å². The van der Waals surface area contributed by atoms with Crippen LogP contribution in [0.25, 0.3) is 0 Å². The summed E-state index contributed by atoms with van der Waals surface area (Å²) in [4.78, 5) is 12.2. The standard InChI is InChI=1S/C16H32O3/c1-6-8-10-12-14(17)13(11-9-7-2)15(18)19-16(3,4)5/h13-14,17H,6-12H2,1-5H3/t13-,14-/m0/s1. The molecule has 1 N–H and O–H groups in total. The van der Waals surface area contributed by atoms with Crippen molar-refractivity contribution in [3.63, 3.8) is 0 Å². The fraction of sp³-hybridized carbons (Fsp3) is 0.938. The first-order valence-corrected chi connectivity index (χ1v) is 7.72. The fourth-order valence-corrected chi connectivity index (χ4v) is 2.07. The Morgan fingerprint density at radius 3 is 2.11 bits per heavy atom. The lowest BCUT2D eigenvalue weighted by Gasteiger charge is -2.26. The Kier molecular flexibility index (Phi) is 9.07. The summed E-state index contributed by atoms with van der Waals surface area (Å²) in [6.45, 7) is 9.83. The summed E-state index contributed by atoms with van der Waals surface area (Å²) in [5.41, 5.74) is -0.481. The van der Waals surface area contributed by atoms with Crippen LogP contribution in [-0.2, 0) is 9.53 Å². The van der Waals surface area contributed by atoms with Crippen LogP contribution in [-0.4, -0.2) is 22.8 Å². The molecular formula is C16H32O3. The van der Waals surface area contributed by atoms with E-state index in [1.54, 1.807) is 0 Å². The predicted molar refractivity (Wildman–Crippen MR) is 79.0 cm³/mol. The number of hydrogen-bond donors (Lipinski definition) is 1. The van der Waals surface area contributed by atoms with Crippen LogP contribution in [0.15, 0.2) is 0 Å². The third-order valence-electron chi connectivity index (χ3n) is 3.15. The highest BCUT2D eigenvalue weighted by Gasteiger charge is 2.30. The summed E-state index contributed by atoms with van der Waals surface area (Å²) in [6, 6.07) is 0. The Balaban J connectivity index is 4.46. The van der Waals surface area contributed by atoms with Crippen LogP contribution >= 0.6 is 0 Å². The van der Waals surface area contributed by atoms with Gasteiger partial charge >= 0.3 is 5.97 Å². The normalized spacial score (nSPS) is 15.1. The molecule has 0 aliphatic heterocycles. The molecule has 0 unspecified atom stereocenters. The monoisotopic (exact) mass is 272 g/mol. The van der Waals surface area contributed by atoms with E-state index in [9.17, 15) is 9.90 Å². The molecule has 114 valence electrons. The Bertz CT molecular complexity index is 243. The van der Waals surface area contributed by atoms with Gasteiger partial charge in [0.25, 0.3) is 0 Å². The molecule has 2 atom stereocenters. The number of esters is 1. The molecule has 0 aromatic heterocycles. The van der Waals surface area contributed by atoms with Gasteiger partial charge in [0.15, 0.2) is 0 Å². The van der Waals surface area contributed by atoms with Crippen molar-refractivity contribution in [2.24, 2.45) is 5.92 Å². The number of hydrogen-bond acceptors (Lipinski definition) is 3. The second-order valence-electron chi connectivity index (χ2n) is 6.35. The molecule has 0 aromatic rings. The van der Waals surface area contributed by atoms with Gasteiger partial charge < -0.3 is 9.84 Å². The van der Waals surface area contributed by atoms with Gasteiger partial charge in [0, 0.05) is 0 Å². The van der Waals surface area contributed by atoms with Gasteiger partial charge in [-0.3, -0.25) is 4.79 Å². The molecule has 19 heavy (non-hydrogen) atoms. The first-order chi connectivity index (χ1) is 8.81. The van der Waals surface area contributed by atoms with Gasteiger partial charge in [0.1, 0.15) is 5.60 Å². The molecule has 0 aliphatic rings. The molecule has 0 aliphatic carbocycles. The smallest absolute Gasteiger partial charge is 0.312 e. The van der Waals surface area contributed by atoms with E-state index in [2.05, 4.69) is 13.8 Å². The van der Waals surface area contributed by atoms with Gasteiger partial charge in [-0.05, 0) is 33.6 Å². The first kappa shape index (κ1) is 18.4. The molecule has 0 aromatic carbocycles. The summed E-state index contributed by atoms with van der Waals surface area (Å²) in [5.74, 6) is -0.610. The summed E-state index contributed by atoms with van der Waals surface area (Å²) >= 11 is 0. The van der Waals surface area contributed by atoms with Gasteiger partial charge in [-0.2, -0.15) is 0 Å². The molecule has 0 bridgehead atoms. The molecule has 3 heteroatoms. The molecule has 0 saturated carbocycles. The molecule has 0 spiro atoms. The zero-order chi connectivity index (χ0) is 14.9. The van der Waals surface area contributed by atoms with E-state index >= 15 is 0 Å². The maximum atomic E-state index is 12.2. The van der Waals surface area contributed by atoms with E-state index < -0.39 is 11.7 Å². The molecule has 0 saturated heterocycles. The minimum absolute atomic E-state index is 0.245. The zero-order valence-corrected chi connectivity index (χ0v) is 13.4. The number of rotatable bonds is 9. The molecule has 0 heterocycles. The number of aliphatic hydroxyl groups excluding tert-OH is 1. The van der Waals surface area contributed by atoms with Crippen molar-refractivity contribution in [1.82, 2.24) is 0 Å². The van der Waals surface area contributed by atoms with E-state index in [1.165, 1.54) is 0 Å². The van der Waals surface area contributed by atoms with Crippen molar-refractivity contribution in [3.8, 4) is 0 Å². The van der Waals surface area contributed by atoms with Gasteiger partial charge in [-0.15, -0.1) is 0 Å². The summed E-state index contributed by atoms with van der Waals surface area (Å²) < 4.78 is 5.43. The Morgan fingerprint density at radius 1 is 1.05 bits per heavy atom. The van der Waals surface area contributed by atoms with E-state index in [-0.39, 0.29) is 11.9 Å². The van der Waals surface area contributed by atoms with Crippen LogP contribution in [0.3, 0.4) is 0 Å². The fourth-order valence-electron chi connectivity index (χ4n) is 2.07. The van der Waals surface area contributed by atoms with Gasteiger partial charge in [0.05, 0.1) is 12.0 Å². The molecule has 0 fully saturated rings. The van der Waals surface area contributed by atoms with Crippen molar-refractivity contribution in [2.45, 2.75) is 91.3 Å². The molecule has 0 amide bonds. The minimum atomic E-state index is -0.562. The quantitative estimate of drug-likeness (QED) is 0.508. The van der Waals surface area contributed by atoms with Gasteiger partial charge in [-0.25, -0.2) is 0 Å². The van der Waals surface area contributed by atoms with Crippen molar-refractivity contribution < 1.29 is 14.6 Å². The van der Waals surface area contributed by atoms with Crippen LogP contribution in [0.2, 0.25) is 0 Å². The summed E-state index contributed by atoms with van der Waals surface area (Å²) in [6.07, 6.45) is 6.04. The lowest BCUT2D eigenvalue weighted by Crippen LogP contribution is -2.35. The second kappa shape index (κ2) is 9.35. The number of carbonyl (C=O) groups excluding carboxylic acids is 1. The van der Waals surface area contributed by atoms with Gasteiger partial charge in [-0.1, -0.05) is 46.0 Å². The highest BCUT2D eigenvalue weighted by Crippen LogP contribution is 2.22. The number of carbonyl (C=O) groups is 1. The Labute approximate surface area is 118 Å². The van der Waals surface area contributed by atoms with E-state index in [1.807, 2.05) is 20.8 Å². The third-order valence-corrected chi connectivity index (χ3v) is 3.15. The topological polar surface area (TPSA) is 46.5 Å². The molecular weight excluding hydrogens is 240 g/mol. The lowest BCUT2D eigenvalue weighted by atomic mass is 9.92. The molecule has 0 rings (SSSR count). The highest BCUT2D eigenvalue weighted by molar-refractivity contribution is 5.73. The van der Waals surface area contributed by atoms with Crippen molar-refractivity contribution in [1.29, 1.82) is 0 Å². The highest BCUT2D eigenvalue weighted by atomic mass is 16.6. The van der Waals surface area contributed by atoms with Gasteiger partial charge in [0.2, 0.25) is 0 Å². The number of aliphatic hydroxyl groups is 1. The largest absolute Gasteiger partial charge is 0.460 e. The molecule has 3 nitrogen and oxygen atoms in total. The Morgan fingerprint density at radius 2 is 1.63 bits per heavy atom.